The molecule has 1 amide bonds. The van der Waals surface area contributed by atoms with E-state index >= 15 is 0 Å². The monoisotopic (exact) mass is 363 g/mol. The first-order valence-corrected chi connectivity index (χ1v) is 7.77. The lowest BCUT2D eigenvalue weighted by atomic mass is 10.2. The summed E-state index contributed by atoms with van der Waals surface area (Å²) in [6, 6.07) is 10.2. The molecule has 124 valence electrons. The summed E-state index contributed by atoms with van der Waals surface area (Å²) in [5.74, 6) is 0.224. The number of nitrogens with zero attached hydrogens (tertiary/aromatic N) is 1. The number of amides is 1. The summed E-state index contributed by atoms with van der Waals surface area (Å²) in [7, 11) is 1.53. The van der Waals surface area contributed by atoms with Gasteiger partial charge in [0.25, 0.3) is 0 Å². The van der Waals surface area contributed by atoms with E-state index in [1.54, 1.807) is 24.3 Å². The highest BCUT2D eigenvalue weighted by atomic mass is 35.5. The number of aryl methyl sites for hydroxylation is 1. The SMILES string of the molecule is COc1cc(Cl)c(C)cc1NCC(=O)Nc1cc(Cl)ccc1C#N. The molecule has 0 aliphatic rings. The van der Waals surface area contributed by atoms with Gasteiger partial charge in [0, 0.05) is 16.1 Å². The van der Waals surface area contributed by atoms with Crippen molar-refractivity contribution >= 4 is 40.5 Å². The molecular formula is C17H15Cl2N3O2. The fraction of sp³-hybridized carbons (Fsp3) is 0.176. The molecule has 0 aromatic heterocycles. The van der Waals surface area contributed by atoms with Crippen molar-refractivity contribution in [2.24, 2.45) is 0 Å². The maximum Gasteiger partial charge on any atom is 0.243 e. The number of anilines is 2. The van der Waals surface area contributed by atoms with Crippen LogP contribution in [0.1, 0.15) is 11.1 Å². The number of halogens is 2. The Labute approximate surface area is 150 Å². The first kappa shape index (κ1) is 17.9. The van der Waals surface area contributed by atoms with Gasteiger partial charge in [-0.1, -0.05) is 23.2 Å². The lowest BCUT2D eigenvalue weighted by molar-refractivity contribution is -0.114. The van der Waals surface area contributed by atoms with E-state index in [1.165, 1.54) is 13.2 Å². The molecule has 2 aromatic rings. The molecule has 0 saturated heterocycles. The molecule has 0 heterocycles. The first-order valence-electron chi connectivity index (χ1n) is 7.02. The lowest BCUT2D eigenvalue weighted by Crippen LogP contribution is -2.22. The Morgan fingerprint density at radius 3 is 2.67 bits per heavy atom. The van der Waals surface area contributed by atoms with Gasteiger partial charge in [-0.3, -0.25) is 4.79 Å². The molecule has 5 nitrogen and oxygen atoms in total. The number of ether oxygens (including phenoxy) is 1. The second-order valence-corrected chi connectivity index (χ2v) is 5.85. The summed E-state index contributed by atoms with van der Waals surface area (Å²) in [6.45, 7) is 1.85. The molecule has 0 aliphatic carbocycles. The highest BCUT2D eigenvalue weighted by Gasteiger charge is 2.11. The minimum absolute atomic E-state index is 0.00514. The maximum absolute atomic E-state index is 12.1. The highest BCUT2D eigenvalue weighted by Crippen LogP contribution is 2.30. The van der Waals surface area contributed by atoms with Gasteiger partial charge in [-0.25, -0.2) is 0 Å². The number of hydrogen-bond donors (Lipinski definition) is 2. The average Bonchev–Trinajstić information content (AvgIpc) is 2.55. The summed E-state index contributed by atoms with van der Waals surface area (Å²) in [5.41, 5.74) is 2.23. The third kappa shape index (κ3) is 4.31. The van der Waals surface area contributed by atoms with Crippen molar-refractivity contribution in [3.05, 3.63) is 51.5 Å². The van der Waals surface area contributed by atoms with Crippen LogP contribution in [0.15, 0.2) is 30.3 Å². The van der Waals surface area contributed by atoms with Crippen molar-refractivity contribution in [1.29, 1.82) is 5.26 Å². The van der Waals surface area contributed by atoms with Gasteiger partial charge in [-0.2, -0.15) is 5.26 Å². The van der Waals surface area contributed by atoms with Crippen LogP contribution in [0.25, 0.3) is 0 Å². The Bertz CT molecular complexity index is 816. The topological polar surface area (TPSA) is 74.2 Å². The third-order valence-electron chi connectivity index (χ3n) is 3.30. The molecule has 0 radical (unpaired) electrons. The molecule has 24 heavy (non-hydrogen) atoms. The van der Waals surface area contributed by atoms with E-state index < -0.39 is 0 Å². The normalized spacial score (nSPS) is 9.96. The van der Waals surface area contributed by atoms with Crippen molar-refractivity contribution in [3.8, 4) is 11.8 Å². The number of benzene rings is 2. The quantitative estimate of drug-likeness (QED) is 0.833. The zero-order chi connectivity index (χ0) is 17.7. The Morgan fingerprint density at radius 2 is 2.00 bits per heavy atom. The van der Waals surface area contributed by atoms with E-state index in [9.17, 15) is 4.79 Å². The fourth-order valence-electron chi connectivity index (χ4n) is 2.06. The lowest BCUT2D eigenvalue weighted by Gasteiger charge is -2.13. The molecule has 2 N–H and O–H groups in total. The van der Waals surface area contributed by atoms with E-state index in [2.05, 4.69) is 10.6 Å². The predicted octanol–water partition coefficient (Wildman–Crippen LogP) is 4.23. The Hall–Kier alpha value is -2.42. The highest BCUT2D eigenvalue weighted by molar-refractivity contribution is 6.31. The van der Waals surface area contributed by atoms with Gasteiger partial charge in [0.15, 0.2) is 0 Å². The molecule has 0 unspecified atom stereocenters. The molecule has 0 fully saturated rings. The van der Waals surface area contributed by atoms with Gasteiger partial charge < -0.3 is 15.4 Å². The van der Waals surface area contributed by atoms with Gasteiger partial charge >= 0.3 is 0 Å². The molecule has 0 aliphatic heterocycles. The summed E-state index contributed by atoms with van der Waals surface area (Å²) < 4.78 is 5.24. The van der Waals surface area contributed by atoms with Crippen LogP contribution in [-0.4, -0.2) is 19.6 Å². The number of methoxy groups -OCH3 is 1. The Morgan fingerprint density at radius 1 is 1.25 bits per heavy atom. The van der Waals surface area contributed by atoms with Crippen LogP contribution in [0.5, 0.6) is 5.75 Å². The van der Waals surface area contributed by atoms with E-state index in [0.29, 0.717) is 32.7 Å². The van der Waals surface area contributed by atoms with Crippen LogP contribution in [0.3, 0.4) is 0 Å². The van der Waals surface area contributed by atoms with Crippen LogP contribution in [0.2, 0.25) is 10.0 Å². The average molecular weight is 364 g/mol. The molecular weight excluding hydrogens is 349 g/mol. The van der Waals surface area contributed by atoms with Crippen molar-refractivity contribution < 1.29 is 9.53 Å². The molecule has 0 atom stereocenters. The third-order valence-corrected chi connectivity index (χ3v) is 3.94. The summed E-state index contributed by atoms with van der Waals surface area (Å²) in [4.78, 5) is 12.1. The van der Waals surface area contributed by atoms with Crippen LogP contribution >= 0.6 is 23.2 Å². The Balaban J connectivity index is 2.08. The molecule has 0 spiro atoms. The molecule has 2 aromatic carbocycles. The van der Waals surface area contributed by atoms with E-state index in [0.717, 1.165) is 5.56 Å². The van der Waals surface area contributed by atoms with Gasteiger partial charge in [-0.15, -0.1) is 0 Å². The van der Waals surface area contributed by atoms with Gasteiger partial charge in [0.2, 0.25) is 5.91 Å². The first-order chi connectivity index (χ1) is 11.4. The molecule has 2 rings (SSSR count). The maximum atomic E-state index is 12.1. The fourth-order valence-corrected chi connectivity index (χ4v) is 2.38. The second kappa shape index (κ2) is 7.91. The Kier molecular flexibility index (Phi) is 5.91. The standard InChI is InChI=1S/C17H15Cl2N3O2/c1-10-5-15(16(24-2)7-13(10)19)21-9-17(23)22-14-6-12(18)4-3-11(14)8-20/h3-7,21H,9H2,1-2H3,(H,22,23). The smallest absolute Gasteiger partial charge is 0.243 e. The number of carbonyl (C=O) groups excluding carboxylic acids is 1. The van der Waals surface area contributed by atoms with Crippen molar-refractivity contribution in [2.75, 3.05) is 24.3 Å². The van der Waals surface area contributed by atoms with Crippen molar-refractivity contribution in [2.45, 2.75) is 6.92 Å². The summed E-state index contributed by atoms with van der Waals surface area (Å²) in [5, 5.41) is 15.7. The van der Waals surface area contributed by atoms with Crippen molar-refractivity contribution in [1.82, 2.24) is 0 Å². The number of carbonyl (C=O) groups is 1. The van der Waals surface area contributed by atoms with Crippen LogP contribution in [0.4, 0.5) is 11.4 Å². The van der Waals surface area contributed by atoms with Crippen LogP contribution in [-0.2, 0) is 4.79 Å². The largest absolute Gasteiger partial charge is 0.495 e. The minimum Gasteiger partial charge on any atom is -0.495 e. The van der Waals surface area contributed by atoms with Crippen LogP contribution < -0.4 is 15.4 Å². The number of hydrogen-bond acceptors (Lipinski definition) is 4. The predicted molar refractivity (Wildman–Crippen MR) is 96.0 cm³/mol. The zero-order valence-electron chi connectivity index (χ0n) is 13.1. The number of nitrogens with one attached hydrogen (secondary N) is 2. The van der Waals surface area contributed by atoms with Gasteiger partial charge in [0.1, 0.15) is 11.8 Å². The molecule has 0 saturated carbocycles. The number of nitriles is 1. The molecule has 7 heteroatoms. The minimum atomic E-state index is -0.316. The van der Waals surface area contributed by atoms with E-state index in [1.807, 2.05) is 13.0 Å². The van der Waals surface area contributed by atoms with E-state index in [4.69, 9.17) is 33.2 Å². The summed E-state index contributed by atoms with van der Waals surface area (Å²) >= 11 is 11.9. The number of rotatable bonds is 5. The summed E-state index contributed by atoms with van der Waals surface area (Å²) in [6.07, 6.45) is 0. The van der Waals surface area contributed by atoms with Crippen molar-refractivity contribution in [3.63, 3.8) is 0 Å². The van der Waals surface area contributed by atoms with Crippen LogP contribution in [0, 0.1) is 18.3 Å². The van der Waals surface area contributed by atoms with E-state index in [-0.39, 0.29) is 12.5 Å². The van der Waals surface area contributed by atoms with Gasteiger partial charge in [0.05, 0.1) is 30.6 Å². The second-order valence-electron chi connectivity index (χ2n) is 5.01. The van der Waals surface area contributed by atoms with Gasteiger partial charge in [-0.05, 0) is 36.8 Å². The zero-order valence-corrected chi connectivity index (χ0v) is 14.6. The molecule has 0 bridgehead atoms.